The molecule has 0 spiro atoms. The lowest BCUT2D eigenvalue weighted by Gasteiger charge is -2.26. The van der Waals surface area contributed by atoms with E-state index in [0.29, 0.717) is 15.6 Å². The molecule has 2 heterocycles. The Balaban J connectivity index is 1.69. The number of carbonyl (C=O) groups excluding carboxylic acids is 2. The highest BCUT2D eigenvalue weighted by Crippen LogP contribution is 2.37. The molecule has 1 saturated heterocycles. The molecular formula is C17H18ClNO4S. The van der Waals surface area contributed by atoms with Crippen molar-refractivity contribution in [3.63, 3.8) is 0 Å². The SMILES string of the molecule is COc1ccc2c(Cl)c(C(=O)OCC(=O)N3CCCCC3)sc2c1. The van der Waals surface area contributed by atoms with Crippen molar-refractivity contribution in [1.29, 1.82) is 0 Å². The molecule has 3 rings (SSSR count). The van der Waals surface area contributed by atoms with Crippen LogP contribution in [-0.4, -0.2) is 43.6 Å². The molecule has 0 atom stereocenters. The fourth-order valence-electron chi connectivity index (χ4n) is 2.73. The van der Waals surface area contributed by atoms with E-state index >= 15 is 0 Å². The van der Waals surface area contributed by atoms with Gasteiger partial charge in [0.1, 0.15) is 10.6 Å². The average Bonchev–Trinajstić information content (AvgIpc) is 2.96. The van der Waals surface area contributed by atoms with Crippen molar-refractivity contribution in [2.75, 3.05) is 26.8 Å². The maximum atomic E-state index is 12.3. The molecule has 1 aromatic carbocycles. The fraction of sp³-hybridized carbons (Fsp3) is 0.412. The van der Waals surface area contributed by atoms with Crippen LogP contribution in [0.3, 0.4) is 0 Å². The van der Waals surface area contributed by atoms with E-state index in [2.05, 4.69) is 0 Å². The summed E-state index contributed by atoms with van der Waals surface area (Å²) in [5.74, 6) is -0.0203. The number of hydrogen-bond acceptors (Lipinski definition) is 5. The van der Waals surface area contributed by atoms with Gasteiger partial charge in [0.15, 0.2) is 6.61 Å². The number of ether oxygens (including phenoxy) is 2. The second-order valence-corrected chi connectivity index (χ2v) is 7.06. The lowest BCUT2D eigenvalue weighted by Crippen LogP contribution is -2.38. The normalized spacial score (nSPS) is 14.7. The molecule has 0 bridgehead atoms. The van der Waals surface area contributed by atoms with Gasteiger partial charge in [0.05, 0.1) is 12.1 Å². The molecule has 1 aliphatic rings. The van der Waals surface area contributed by atoms with Gasteiger partial charge in [-0.15, -0.1) is 11.3 Å². The van der Waals surface area contributed by atoms with Gasteiger partial charge in [-0.3, -0.25) is 4.79 Å². The molecule has 1 amide bonds. The Labute approximate surface area is 149 Å². The van der Waals surface area contributed by atoms with Crippen molar-refractivity contribution >= 4 is 44.9 Å². The number of esters is 1. The van der Waals surface area contributed by atoms with E-state index in [1.54, 1.807) is 18.1 Å². The Bertz CT molecular complexity index is 767. The molecule has 0 N–H and O–H groups in total. The third-order valence-electron chi connectivity index (χ3n) is 4.06. The van der Waals surface area contributed by atoms with Crippen molar-refractivity contribution in [2.24, 2.45) is 0 Å². The predicted octanol–water partition coefficient (Wildman–Crippen LogP) is 3.73. The zero-order chi connectivity index (χ0) is 17.1. The molecule has 0 radical (unpaired) electrons. The molecule has 1 fully saturated rings. The van der Waals surface area contributed by atoms with Gasteiger partial charge in [0.25, 0.3) is 5.91 Å². The summed E-state index contributed by atoms with van der Waals surface area (Å²) in [4.78, 5) is 26.4. The zero-order valence-corrected chi connectivity index (χ0v) is 14.9. The number of nitrogens with zero attached hydrogens (tertiary/aromatic N) is 1. The van der Waals surface area contributed by atoms with Crippen LogP contribution in [0.4, 0.5) is 0 Å². The van der Waals surface area contributed by atoms with Gasteiger partial charge in [-0.25, -0.2) is 4.79 Å². The fourth-order valence-corrected chi connectivity index (χ4v) is 4.16. The highest BCUT2D eigenvalue weighted by Gasteiger charge is 2.22. The topological polar surface area (TPSA) is 55.8 Å². The quantitative estimate of drug-likeness (QED) is 0.772. The van der Waals surface area contributed by atoms with E-state index < -0.39 is 5.97 Å². The number of benzene rings is 1. The molecule has 1 aliphatic heterocycles. The Hall–Kier alpha value is -1.79. The Morgan fingerprint density at radius 1 is 1.25 bits per heavy atom. The van der Waals surface area contributed by atoms with E-state index in [0.717, 1.165) is 42.4 Å². The summed E-state index contributed by atoms with van der Waals surface area (Å²) in [6.45, 7) is 1.23. The minimum Gasteiger partial charge on any atom is -0.497 e. The number of amides is 1. The number of piperidine rings is 1. The van der Waals surface area contributed by atoms with E-state index in [-0.39, 0.29) is 12.5 Å². The number of rotatable bonds is 4. The van der Waals surface area contributed by atoms with Crippen molar-refractivity contribution in [2.45, 2.75) is 19.3 Å². The number of halogens is 1. The van der Waals surface area contributed by atoms with Gasteiger partial charge in [-0.05, 0) is 37.5 Å². The van der Waals surface area contributed by atoms with Crippen LogP contribution in [0.5, 0.6) is 5.75 Å². The van der Waals surface area contributed by atoms with Crippen LogP contribution in [0.2, 0.25) is 5.02 Å². The largest absolute Gasteiger partial charge is 0.497 e. The molecule has 128 valence electrons. The number of hydrogen-bond donors (Lipinski definition) is 0. The van der Waals surface area contributed by atoms with Crippen molar-refractivity contribution in [1.82, 2.24) is 4.90 Å². The third kappa shape index (κ3) is 3.49. The first-order chi connectivity index (χ1) is 11.6. The molecule has 0 saturated carbocycles. The summed E-state index contributed by atoms with van der Waals surface area (Å²) >= 11 is 7.52. The van der Waals surface area contributed by atoms with Crippen LogP contribution in [0, 0.1) is 0 Å². The standard InChI is InChI=1S/C17H18ClNO4S/c1-22-11-5-6-12-13(9-11)24-16(15(12)18)17(21)23-10-14(20)19-7-3-2-4-8-19/h5-6,9H,2-4,7-8,10H2,1H3. The number of thiophene rings is 1. The summed E-state index contributed by atoms with van der Waals surface area (Å²) in [7, 11) is 1.58. The number of fused-ring (bicyclic) bond motifs is 1. The van der Waals surface area contributed by atoms with Crippen LogP contribution in [0.25, 0.3) is 10.1 Å². The maximum Gasteiger partial charge on any atom is 0.350 e. The molecule has 7 heteroatoms. The van der Waals surface area contributed by atoms with Crippen LogP contribution >= 0.6 is 22.9 Å². The van der Waals surface area contributed by atoms with Crippen LogP contribution in [0.1, 0.15) is 28.9 Å². The van der Waals surface area contributed by atoms with E-state index in [1.807, 2.05) is 12.1 Å². The number of carbonyl (C=O) groups is 2. The Kier molecular flexibility index (Phi) is 5.26. The Morgan fingerprint density at radius 2 is 2.00 bits per heavy atom. The van der Waals surface area contributed by atoms with Crippen molar-refractivity contribution in [3.05, 3.63) is 28.1 Å². The average molecular weight is 368 g/mol. The van der Waals surface area contributed by atoms with E-state index in [1.165, 1.54) is 11.3 Å². The molecule has 24 heavy (non-hydrogen) atoms. The van der Waals surface area contributed by atoms with Gasteiger partial charge in [-0.1, -0.05) is 11.6 Å². The van der Waals surface area contributed by atoms with E-state index in [9.17, 15) is 9.59 Å². The molecule has 5 nitrogen and oxygen atoms in total. The minimum absolute atomic E-state index is 0.151. The highest BCUT2D eigenvalue weighted by atomic mass is 35.5. The Morgan fingerprint density at radius 3 is 2.71 bits per heavy atom. The summed E-state index contributed by atoms with van der Waals surface area (Å²) in [6, 6.07) is 5.42. The van der Waals surface area contributed by atoms with Crippen molar-refractivity contribution < 1.29 is 19.1 Å². The molecule has 1 aromatic heterocycles. The first kappa shape index (κ1) is 17.0. The summed E-state index contributed by atoms with van der Waals surface area (Å²) in [5, 5.41) is 1.13. The second kappa shape index (κ2) is 7.40. The van der Waals surface area contributed by atoms with Crippen LogP contribution in [0.15, 0.2) is 18.2 Å². The number of methoxy groups -OCH3 is 1. The summed E-state index contributed by atoms with van der Waals surface area (Å²) in [6.07, 6.45) is 3.15. The van der Waals surface area contributed by atoms with Crippen molar-refractivity contribution in [3.8, 4) is 5.75 Å². The lowest BCUT2D eigenvalue weighted by atomic mass is 10.1. The molecule has 2 aromatic rings. The first-order valence-corrected chi connectivity index (χ1v) is 9.00. The van der Waals surface area contributed by atoms with E-state index in [4.69, 9.17) is 21.1 Å². The first-order valence-electron chi connectivity index (χ1n) is 7.81. The molecule has 0 unspecified atom stereocenters. The second-order valence-electron chi connectivity index (χ2n) is 5.62. The monoisotopic (exact) mass is 367 g/mol. The summed E-state index contributed by atoms with van der Waals surface area (Å²) in [5.41, 5.74) is 0. The molecular weight excluding hydrogens is 350 g/mol. The van der Waals surface area contributed by atoms with Crippen LogP contribution in [-0.2, 0) is 9.53 Å². The van der Waals surface area contributed by atoms with Gasteiger partial charge in [0.2, 0.25) is 0 Å². The highest BCUT2D eigenvalue weighted by molar-refractivity contribution is 7.21. The van der Waals surface area contributed by atoms with Crippen LogP contribution < -0.4 is 4.74 Å². The summed E-state index contributed by atoms with van der Waals surface area (Å²) < 4.78 is 11.2. The smallest absolute Gasteiger partial charge is 0.350 e. The third-order valence-corrected chi connectivity index (χ3v) is 5.69. The predicted molar refractivity (Wildman–Crippen MR) is 94.1 cm³/mol. The van der Waals surface area contributed by atoms with Gasteiger partial charge in [0, 0.05) is 23.2 Å². The maximum absolute atomic E-state index is 12.3. The van der Waals surface area contributed by atoms with Gasteiger partial charge >= 0.3 is 5.97 Å². The zero-order valence-electron chi connectivity index (χ0n) is 13.3. The molecule has 0 aliphatic carbocycles. The number of likely N-dealkylation sites (tertiary alicyclic amines) is 1. The minimum atomic E-state index is -0.564. The van der Waals surface area contributed by atoms with Gasteiger partial charge < -0.3 is 14.4 Å². The van der Waals surface area contributed by atoms with Gasteiger partial charge in [-0.2, -0.15) is 0 Å². The lowest BCUT2D eigenvalue weighted by molar-refractivity contribution is -0.135.